The van der Waals surface area contributed by atoms with Gasteiger partial charge in [-0.1, -0.05) is 0 Å². The number of benzene rings is 3. The first kappa shape index (κ1) is 15.5. The molecule has 0 aliphatic rings. The molecule has 0 saturated heterocycles. The SMILES string of the molecule is F[C-](F)F.[Cu].[c-]1cccc2ccc3ccc[c-]c3c12. The van der Waals surface area contributed by atoms with Crippen molar-refractivity contribution < 1.29 is 30.2 Å². The van der Waals surface area contributed by atoms with E-state index in [1.165, 1.54) is 10.8 Å². The van der Waals surface area contributed by atoms with Crippen LogP contribution in [0.2, 0.25) is 0 Å². The first-order valence-corrected chi connectivity index (χ1v) is 5.22. The zero-order chi connectivity index (χ0) is 13.0. The molecular formula is C15H8CuF3-3. The molecule has 19 heavy (non-hydrogen) atoms. The molecular weight excluding hydrogens is 301 g/mol. The molecule has 0 nitrogen and oxygen atoms in total. The number of halogens is 3. The Kier molecular flexibility index (Phi) is 5.87. The first-order chi connectivity index (χ1) is 8.68. The second-order valence-electron chi connectivity index (χ2n) is 3.55. The van der Waals surface area contributed by atoms with Gasteiger partial charge in [-0.15, -0.1) is 36.4 Å². The molecule has 0 bridgehead atoms. The number of hydrogen-bond acceptors (Lipinski definition) is 0. The molecule has 0 unspecified atom stereocenters. The van der Waals surface area contributed by atoms with E-state index in [0.29, 0.717) is 0 Å². The maximum Gasteiger partial charge on any atom is 0.154 e. The maximum absolute atomic E-state index is 9.58. The summed E-state index contributed by atoms with van der Waals surface area (Å²) in [6, 6.07) is 22.9. The van der Waals surface area contributed by atoms with Crippen LogP contribution in [0.25, 0.3) is 21.5 Å². The van der Waals surface area contributed by atoms with Crippen molar-refractivity contribution in [1.29, 1.82) is 0 Å². The summed E-state index contributed by atoms with van der Waals surface area (Å²) in [5, 5.41) is 4.76. The molecule has 0 amide bonds. The van der Waals surface area contributed by atoms with E-state index < -0.39 is 6.68 Å². The normalized spacial score (nSPS) is 9.89. The van der Waals surface area contributed by atoms with Crippen LogP contribution in [0.15, 0.2) is 48.5 Å². The van der Waals surface area contributed by atoms with Crippen LogP contribution in [0.3, 0.4) is 0 Å². The van der Waals surface area contributed by atoms with E-state index in [0.717, 1.165) is 10.8 Å². The molecule has 0 aromatic heterocycles. The van der Waals surface area contributed by atoms with Crippen LogP contribution in [0.4, 0.5) is 13.2 Å². The van der Waals surface area contributed by atoms with Gasteiger partial charge in [-0.05, 0) is 0 Å². The summed E-state index contributed by atoms with van der Waals surface area (Å²) in [4.78, 5) is 0. The standard InChI is InChI=1S/C14H8.CF3.Cu/c1-3-7-13-11(5-1)9-10-12-6-2-4-8-14(12)13;2-1(3)4;/h1-6,9-10H;;/q-2;-1;. The molecule has 0 atom stereocenters. The van der Waals surface area contributed by atoms with Crippen LogP contribution in [0.5, 0.6) is 0 Å². The Labute approximate surface area is 119 Å². The van der Waals surface area contributed by atoms with Crippen LogP contribution in [0.1, 0.15) is 0 Å². The van der Waals surface area contributed by atoms with Gasteiger partial charge in [-0.25, -0.2) is 10.8 Å². The van der Waals surface area contributed by atoms with Crippen LogP contribution in [0, 0.1) is 18.8 Å². The smallest absolute Gasteiger partial charge is 0.154 e. The van der Waals surface area contributed by atoms with Crippen molar-refractivity contribution in [2.75, 3.05) is 0 Å². The third-order valence-corrected chi connectivity index (χ3v) is 2.47. The fourth-order valence-electron chi connectivity index (χ4n) is 1.79. The van der Waals surface area contributed by atoms with E-state index in [1.54, 1.807) is 0 Å². The summed E-state index contributed by atoms with van der Waals surface area (Å²) in [5.74, 6) is 0. The predicted octanol–water partition coefficient (Wildman–Crippen LogP) is 4.93. The molecule has 0 heterocycles. The quantitative estimate of drug-likeness (QED) is 0.314. The van der Waals surface area contributed by atoms with Gasteiger partial charge in [0.25, 0.3) is 0 Å². The molecule has 0 N–H and O–H groups in total. The van der Waals surface area contributed by atoms with E-state index in [1.807, 2.05) is 24.3 Å². The third kappa shape index (κ3) is 3.98. The number of hydrogen-bond donors (Lipinski definition) is 0. The molecule has 4 heteroatoms. The molecule has 3 aromatic carbocycles. The predicted molar refractivity (Wildman–Crippen MR) is 65.7 cm³/mol. The largest absolute Gasteiger partial charge is 0.385 e. The molecule has 3 rings (SSSR count). The number of rotatable bonds is 0. The second-order valence-corrected chi connectivity index (χ2v) is 3.55. The monoisotopic (exact) mass is 308 g/mol. The molecule has 0 fully saturated rings. The first-order valence-electron chi connectivity index (χ1n) is 5.22. The van der Waals surface area contributed by atoms with Gasteiger partial charge >= 0.3 is 0 Å². The molecule has 1 radical (unpaired) electrons. The summed E-state index contributed by atoms with van der Waals surface area (Å²) in [5.41, 5.74) is 0. The fourth-order valence-corrected chi connectivity index (χ4v) is 1.79. The molecule has 3 aromatic rings. The molecule has 0 aliphatic carbocycles. The van der Waals surface area contributed by atoms with E-state index in [-0.39, 0.29) is 17.1 Å². The van der Waals surface area contributed by atoms with Crippen molar-refractivity contribution in [2.45, 2.75) is 0 Å². The Balaban J connectivity index is 0.000000323. The summed E-state index contributed by atoms with van der Waals surface area (Å²) in [7, 11) is 0. The van der Waals surface area contributed by atoms with Gasteiger partial charge in [0.2, 0.25) is 0 Å². The zero-order valence-corrected chi connectivity index (χ0v) is 10.5. The molecule has 0 saturated carbocycles. The van der Waals surface area contributed by atoms with Gasteiger partial charge in [0, 0.05) is 17.1 Å². The average Bonchev–Trinajstić information content (AvgIpc) is 2.38. The maximum atomic E-state index is 9.58. The van der Waals surface area contributed by atoms with Crippen LogP contribution < -0.4 is 0 Å². The minimum Gasteiger partial charge on any atom is -0.385 e. The van der Waals surface area contributed by atoms with Gasteiger partial charge in [0.1, 0.15) is 0 Å². The van der Waals surface area contributed by atoms with Crippen molar-refractivity contribution in [1.82, 2.24) is 0 Å². The fraction of sp³-hybridized carbons (Fsp3) is 0. The van der Waals surface area contributed by atoms with Gasteiger partial charge < -0.3 is 13.2 Å². The minimum absolute atomic E-state index is 0. The van der Waals surface area contributed by atoms with Crippen LogP contribution in [-0.2, 0) is 17.1 Å². The van der Waals surface area contributed by atoms with E-state index in [9.17, 15) is 13.2 Å². The Morgan fingerprint density at radius 1 is 0.737 bits per heavy atom. The Bertz CT molecular complexity index is 595. The number of fused-ring (bicyclic) bond motifs is 3. The van der Waals surface area contributed by atoms with Crippen LogP contribution >= 0.6 is 0 Å². The Morgan fingerprint density at radius 3 is 1.47 bits per heavy atom. The second kappa shape index (κ2) is 7.17. The van der Waals surface area contributed by atoms with Crippen molar-refractivity contribution in [2.24, 2.45) is 0 Å². The Hall–Kier alpha value is -1.51. The average molecular weight is 309 g/mol. The Morgan fingerprint density at radius 2 is 1.11 bits per heavy atom. The van der Waals surface area contributed by atoms with Crippen molar-refractivity contribution in [3.05, 3.63) is 67.3 Å². The van der Waals surface area contributed by atoms with Crippen molar-refractivity contribution in [3.63, 3.8) is 0 Å². The summed E-state index contributed by atoms with van der Waals surface area (Å²) in [6.07, 6.45) is 0. The molecule has 103 valence electrons. The van der Waals surface area contributed by atoms with Gasteiger partial charge in [-0.3, -0.25) is 0 Å². The van der Waals surface area contributed by atoms with E-state index >= 15 is 0 Å². The third-order valence-electron chi connectivity index (χ3n) is 2.47. The molecule has 0 spiro atoms. The molecule has 0 aliphatic heterocycles. The van der Waals surface area contributed by atoms with Crippen molar-refractivity contribution >= 4 is 21.5 Å². The summed E-state index contributed by atoms with van der Waals surface area (Å²) >= 11 is 0. The van der Waals surface area contributed by atoms with Gasteiger partial charge in [0.05, 0.1) is 0 Å². The summed E-state index contributed by atoms with van der Waals surface area (Å²) < 4.78 is 28.8. The minimum atomic E-state index is -3.08. The van der Waals surface area contributed by atoms with E-state index in [2.05, 4.69) is 36.4 Å². The summed E-state index contributed by atoms with van der Waals surface area (Å²) in [6.45, 7) is -3.08. The van der Waals surface area contributed by atoms with Crippen molar-refractivity contribution in [3.8, 4) is 0 Å². The van der Waals surface area contributed by atoms with Crippen LogP contribution in [-0.4, -0.2) is 0 Å². The van der Waals surface area contributed by atoms with Gasteiger partial charge in [-0.2, -0.15) is 35.0 Å². The topological polar surface area (TPSA) is 0 Å². The zero-order valence-electron chi connectivity index (χ0n) is 9.55. The van der Waals surface area contributed by atoms with Gasteiger partial charge in [0.15, 0.2) is 6.68 Å². The van der Waals surface area contributed by atoms with E-state index in [4.69, 9.17) is 0 Å².